The van der Waals surface area contributed by atoms with Crippen molar-refractivity contribution in [2.75, 3.05) is 13.2 Å². The number of hydrogen-bond donors (Lipinski definition) is 0. The summed E-state index contributed by atoms with van der Waals surface area (Å²) in [5.74, 6) is -3.26. The molecule has 0 aromatic carbocycles. The van der Waals surface area contributed by atoms with Crippen LogP contribution in [0.25, 0.3) is 0 Å². The van der Waals surface area contributed by atoms with E-state index in [0.717, 1.165) is 0 Å². The first kappa shape index (κ1) is 27.7. The van der Waals surface area contributed by atoms with E-state index in [0.29, 0.717) is 11.1 Å². The van der Waals surface area contributed by atoms with Crippen molar-refractivity contribution in [1.29, 1.82) is 0 Å². The zero-order chi connectivity index (χ0) is 19.1. The van der Waals surface area contributed by atoms with Crippen molar-refractivity contribution >= 4 is 23.9 Å². The number of carboxylic acids is 2. The summed E-state index contributed by atoms with van der Waals surface area (Å²) >= 11 is 0. The summed E-state index contributed by atoms with van der Waals surface area (Å²) in [4.78, 5) is 41.2. The monoisotopic (exact) mass is 405 g/mol. The van der Waals surface area contributed by atoms with Gasteiger partial charge in [0.2, 0.25) is 0 Å². The van der Waals surface area contributed by atoms with Gasteiger partial charge < -0.3 is 29.3 Å². The summed E-state index contributed by atoms with van der Waals surface area (Å²) in [5.41, 5.74) is 0.618. The van der Waals surface area contributed by atoms with Crippen molar-refractivity contribution in [3.8, 4) is 0 Å². The van der Waals surface area contributed by atoms with Crippen molar-refractivity contribution in [3.05, 3.63) is 24.3 Å². The molecule has 0 aliphatic rings. The number of rotatable bonds is 10. The van der Waals surface area contributed by atoms with Crippen LogP contribution in [0.4, 0.5) is 0 Å². The van der Waals surface area contributed by atoms with E-state index in [1.54, 1.807) is 0 Å². The van der Waals surface area contributed by atoms with Crippen LogP contribution in [-0.4, -0.2) is 37.1 Å². The Morgan fingerprint density at radius 1 is 0.760 bits per heavy atom. The maximum Gasteiger partial charge on any atom is 2.00 e. The molecule has 0 saturated carbocycles. The first-order chi connectivity index (χ1) is 11.1. The molecule has 0 bridgehead atoms. The molecule has 0 fully saturated rings. The van der Waals surface area contributed by atoms with Crippen molar-refractivity contribution in [2.45, 2.75) is 39.5 Å². The quantitative estimate of drug-likeness (QED) is 0.201. The fourth-order valence-electron chi connectivity index (χ4n) is 1.01. The molecule has 0 unspecified atom stereocenters. The van der Waals surface area contributed by atoms with Gasteiger partial charge in [-0.2, -0.15) is 0 Å². The average molecular weight is 406 g/mol. The molecule has 0 aromatic heterocycles. The smallest absolute Gasteiger partial charge is 0.550 e. The van der Waals surface area contributed by atoms with Gasteiger partial charge in [-0.05, 0) is 39.5 Å². The predicted octanol–water partition coefficient (Wildman–Crippen LogP) is -0.731. The van der Waals surface area contributed by atoms with E-state index in [1.807, 2.05) is 0 Å². The van der Waals surface area contributed by atoms with Crippen LogP contribution >= 0.6 is 0 Å². The summed E-state index contributed by atoms with van der Waals surface area (Å²) in [5, 5.41) is 19.8. The zero-order valence-corrected chi connectivity index (χ0v) is 15.2. The van der Waals surface area contributed by atoms with Gasteiger partial charge in [-0.15, -0.1) is 0 Å². The molecule has 9 heteroatoms. The van der Waals surface area contributed by atoms with Crippen LogP contribution in [0.3, 0.4) is 0 Å². The van der Waals surface area contributed by atoms with Crippen LogP contribution in [0.1, 0.15) is 39.5 Å². The Labute approximate surface area is 157 Å². The Hall–Kier alpha value is -2.12. The number of hydrogen-bond acceptors (Lipinski definition) is 8. The summed E-state index contributed by atoms with van der Waals surface area (Å²) in [6.07, 6.45) is 0.371. The van der Waals surface area contributed by atoms with E-state index in [9.17, 15) is 29.4 Å². The fraction of sp³-hybridized carbons (Fsp3) is 0.500. The third kappa shape index (κ3) is 21.9. The second kappa shape index (κ2) is 16.7. The number of carbonyl (C=O) groups excluding carboxylic acids is 4. The van der Waals surface area contributed by atoms with Gasteiger partial charge in [0.15, 0.2) is 0 Å². The maximum absolute atomic E-state index is 10.7. The Balaban J connectivity index is -0.000000372. The minimum Gasteiger partial charge on any atom is -0.550 e. The summed E-state index contributed by atoms with van der Waals surface area (Å²) in [6, 6.07) is 0. The maximum atomic E-state index is 10.7. The Morgan fingerprint density at radius 2 is 1.04 bits per heavy atom. The first-order valence-electron chi connectivity index (χ1n) is 7.12. The van der Waals surface area contributed by atoms with Crippen LogP contribution in [0.5, 0.6) is 0 Å². The molecule has 8 nitrogen and oxygen atoms in total. The number of carbonyl (C=O) groups is 4. The summed E-state index contributed by atoms with van der Waals surface area (Å²) < 4.78 is 9.25. The largest absolute Gasteiger partial charge is 2.00 e. The molecular weight excluding hydrogens is 384 g/mol. The molecule has 0 heterocycles. The standard InChI is InChI=1S/2C8H12O4.Cu/c2*1-6(2)8(11)12-5-3-4-7(9)10;/h2*1,3-5H2,2H3,(H,9,10);/q;;+2/p-2. The SMILES string of the molecule is C=C(C)C(=O)OCCCC(=O)[O-].C=C(C)C(=O)OCCCC(=O)[O-].[Cu+2]. The average Bonchev–Trinajstić information content (AvgIpc) is 2.47. The summed E-state index contributed by atoms with van der Waals surface area (Å²) in [6.45, 7) is 9.98. The first-order valence-corrected chi connectivity index (χ1v) is 7.12. The van der Waals surface area contributed by atoms with Crippen LogP contribution < -0.4 is 10.2 Å². The van der Waals surface area contributed by atoms with E-state index in [-0.39, 0.29) is 56.0 Å². The number of ether oxygens (including phenoxy) is 2. The molecule has 0 rings (SSSR count). The van der Waals surface area contributed by atoms with Gasteiger partial charge in [0.05, 0.1) is 13.2 Å². The van der Waals surface area contributed by atoms with Gasteiger partial charge in [-0.3, -0.25) is 0 Å². The molecule has 0 saturated heterocycles. The van der Waals surface area contributed by atoms with Crippen molar-refractivity contribution in [1.82, 2.24) is 0 Å². The third-order valence-corrected chi connectivity index (χ3v) is 2.21. The molecule has 0 aliphatic carbocycles. The van der Waals surface area contributed by atoms with Crippen LogP contribution in [0.2, 0.25) is 0 Å². The minimum absolute atomic E-state index is 0. The van der Waals surface area contributed by atoms with Crippen LogP contribution in [0.15, 0.2) is 24.3 Å². The molecule has 1 radical (unpaired) electrons. The van der Waals surface area contributed by atoms with E-state index in [1.165, 1.54) is 13.8 Å². The molecule has 0 N–H and O–H groups in total. The van der Waals surface area contributed by atoms with Crippen molar-refractivity contribution in [2.24, 2.45) is 0 Å². The van der Waals surface area contributed by atoms with Gasteiger partial charge >= 0.3 is 29.0 Å². The summed E-state index contributed by atoms with van der Waals surface area (Å²) in [7, 11) is 0. The predicted molar refractivity (Wildman–Crippen MR) is 80.0 cm³/mol. The zero-order valence-electron chi connectivity index (χ0n) is 14.2. The van der Waals surface area contributed by atoms with E-state index >= 15 is 0 Å². The molecule has 145 valence electrons. The Morgan fingerprint density at radius 3 is 1.24 bits per heavy atom. The van der Waals surface area contributed by atoms with Crippen molar-refractivity contribution in [3.63, 3.8) is 0 Å². The van der Waals surface area contributed by atoms with Gasteiger partial charge in [-0.25, -0.2) is 9.59 Å². The molecule has 0 atom stereocenters. The Bertz CT molecular complexity index is 441. The molecular formula is C16H22CuO8. The van der Waals surface area contributed by atoms with Gasteiger partial charge in [0, 0.05) is 23.1 Å². The second-order valence-electron chi connectivity index (χ2n) is 4.78. The number of esters is 2. The van der Waals surface area contributed by atoms with E-state index in [2.05, 4.69) is 22.6 Å². The van der Waals surface area contributed by atoms with Gasteiger partial charge in [0.1, 0.15) is 0 Å². The fourth-order valence-corrected chi connectivity index (χ4v) is 1.01. The minimum atomic E-state index is -1.14. The molecule has 0 aliphatic heterocycles. The van der Waals surface area contributed by atoms with Crippen LogP contribution in [-0.2, 0) is 45.7 Å². The van der Waals surface area contributed by atoms with E-state index in [4.69, 9.17) is 0 Å². The van der Waals surface area contributed by atoms with Crippen LogP contribution in [0, 0.1) is 0 Å². The number of aliphatic carboxylic acids is 2. The molecule has 0 aromatic rings. The number of carboxylic acid groups (broad SMARTS) is 2. The topological polar surface area (TPSA) is 133 Å². The Kier molecular flexibility index (Phi) is 18.5. The van der Waals surface area contributed by atoms with E-state index < -0.39 is 23.9 Å². The molecule has 0 amide bonds. The third-order valence-electron chi connectivity index (χ3n) is 2.21. The van der Waals surface area contributed by atoms with Gasteiger partial charge in [-0.1, -0.05) is 13.2 Å². The normalized spacial score (nSPS) is 8.72. The van der Waals surface area contributed by atoms with Crippen molar-refractivity contribution < 1.29 is 55.9 Å². The molecule has 0 spiro atoms. The second-order valence-corrected chi connectivity index (χ2v) is 4.78. The molecule has 25 heavy (non-hydrogen) atoms. The van der Waals surface area contributed by atoms with Gasteiger partial charge in [0.25, 0.3) is 0 Å².